The largest absolute Gasteiger partial charge is 0.241 e. The van der Waals surface area contributed by atoms with E-state index < -0.39 is 0 Å². The molecular weight excluding hydrogens is 244 g/mol. The molecule has 0 fully saturated rings. The van der Waals surface area contributed by atoms with Gasteiger partial charge in [-0.15, -0.1) is 0 Å². The van der Waals surface area contributed by atoms with Crippen LogP contribution in [0.15, 0.2) is 60.9 Å². The van der Waals surface area contributed by atoms with E-state index in [0.717, 1.165) is 17.0 Å². The van der Waals surface area contributed by atoms with Crippen molar-refractivity contribution < 1.29 is 0 Å². The van der Waals surface area contributed by atoms with Crippen LogP contribution in [0, 0.1) is 13.8 Å². The first-order valence-electron chi connectivity index (χ1n) is 6.68. The van der Waals surface area contributed by atoms with E-state index in [4.69, 9.17) is 0 Å². The molecule has 0 amide bonds. The number of aromatic nitrogens is 2. The van der Waals surface area contributed by atoms with E-state index in [2.05, 4.69) is 59.4 Å². The topological polar surface area (TPSA) is 25.8 Å². The smallest absolute Gasteiger partial charge is 0.125 e. The van der Waals surface area contributed by atoms with Gasteiger partial charge in [-0.1, -0.05) is 42.5 Å². The van der Waals surface area contributed by atoms with Gasteiger partial charge in [-0.2, -0.15) is 0 Å². The highest BCUT2D eigenvalue weighted by Crippen LogP contribution is 2.27. The Hall–Kier alpha value is -2.48. The molecule has 3 aromatic rings. The summed E-state index contributed by atoms with van der Waals surface area (Å²) < 4.78 is 0. The molecule has 2 heteroatoms. The predicted molar refractivity (Wildman–Crippen MR) is 82.4 cm³/mol. The normalized spacial score (nSPS) is 10.5. The van der Waals surface area contributed by atoms with Crippen molar-refractivity contribution in [2.45, 2.75) is 13.8 Å². The Labute approximate surface area is 119 Å². The summed E-state index contributed by atoms with van der Waals surface area (Å²) in [6.07, 6.45) is 3.76. The molecule has 20 heavy (non-hydrogen) atoms. The predicted octanol–water partition coefficient (Wildman–Crippen LogP) is 4.43. The van der Waals surface area contributed by atoms with Gasteiger partial charge in [0.05, 0.1) is 0 Å². The fraction of sp³-hybridized carbons (Fsp3) is 0.111. The molecule has 3 rings (SSSR count). The third kappa shape index (κ3) is 2.59. The van der Waals surface area contributed by atoms with Crippen LogP contribution in [0.1, 0.15) is 11.4 Å². The lowest BCUT2D eigenvalue weighted by atomic mass is 9.98. The highest BCUT2D eigenvalue weighted by molar-refractivity contribution is 5.73. The van der Waals surface area contributed by atoms with Gasteiger partial charge in [0.2, 0.25) is 0 Å². The first kappa shape index (κ1) is 12.5. The fourth-order valence-electron chi connectivity index (χ4n) is 2.29. The van der Waals surface area contributed by atoms with Crippen molar-refractivity contribution in [3.8, 4) is 22.3 Å². The number of hydrogen-bond acceptors (Lipinski definition) is 2. The molecule has 0 atom stereocenters. The molecule has 0 radical (unpaired) electrons. The van der Waals surface area contributed by atoms with E-state index in [9.17, 15) is 0 Å². The molecule has 0 N–H and O–H groups in total. The molecule has 0 aliphatic rings. The number of benzene rings is 2. The Morgan fingerprint density at radius 2 is 1.25 bits per heavy atom. The number of rotatable bonds is 2. The Balaban J connectivity index is 2.09. The first-order valence-corrected chi connectivity index (χ1v) is 6.68. The van der Waals surface area contributed by atoms with Crippen molar-refractivity contribution in [2.75, 3.05) is 0 Å². The Morgan fingerprint density at radius 3 is 1.90 bits per heavy atom. The second kappa shape index (κ2) is 5.25. The second-order valence-electron chi connectivity index (χ2n) is 4.97. The first-order chi connectivity index (χ1) is 9.72. The summed E-state index contributed by atoms with van der Waals surface area (Å²) in [5.41, 5.74) is 5.90. The van der Waals surface area contributed by atoms with Crippen LogP contribution in [0.3, 0.4) is 0 Å². The van der Waals surface area contributed by atoms with Crippen LogP contribution in [0.2, 0.25) is 0 Å². The van der Waals surface area contributed by atoms with Gasteiger partial charge in [-0.05, 0) is 42.2 Å². The van der Waals surface area contributed by atoms with Gasteiger partial charge in [0.25, 0.3) is 0 Å². The minimum Gasteiger partial charge on any atom is -0.241 e. The van der Waals surface area contributed by atoms with E-state index in [1.807, 2.05) is 25.4 Å². The standard InChI is InChI=1S/C18H16N2/c1-13-8-16(15-6-4-3-5-7-15)10-17(9-13)18-11-19-14(2)20-12-18/h3-12H,1-2H3. The summed E-state index contributed by atoms with van der Waals surface area (Å²) in [6.45, 7) is 4.01. The monoisotopic (exact) mass is 260 g/mol. The zero-order valence-corrected chi connectivity index (χ0v) is 11.7. The van der Waals surface area contributed by atoms with Gasteiger partial charge in [-0.3, -0.25) is 0 Å². The van der Waals surface area contributed by atoms with E-state index in [1.54, 1.807) is 0 Å². The average Bonchev–Trinajstić information content (AvgIpc) is 2.48. The molecule has 2 aromatic carbocycles. The lowest BCUT2D eigenvalue weighted by molar-refractivity contribution is 1.06. The summed E-state index contributed by atoms with van der Waals surface area (Å²) in [5.74, 6) is 0.796. The maximum absolute atomic E-state index is 4.28. The van der Waals surface area contributed by atoms with Gasteiger partial charge >= 0.3 is 0 Å². The van der Waals surface area contributed by atoms with E-state index in [1.165, 1.54) is 16.7 Å². The zero-order valence-electron chi connectivity index (χ0n) is 11.7. The maximum atomic E-state index is 4.28. The summed E-state index contributed by atoms with van der Waals surface area (Å²) in [5, 5.41) is 0. The van der Waals surface area contributed by atoms with Crippen molar-refractivity contribution in [1.29, 1.82) is 0 Å². The maximum Gasteiger partial charge on any atom is 0.125 e. The second-order valence-corrected chi connectivity index (χ2v) is 4.97. The molecule has 0 unspecified atom stereocenters. The highest BCUT2D eigenvalue weighted by Gasteiger charge is 2.04. The van der Waals surface area contributed by atoms with Gasteiger partial charge in [-0.25, -0.2) is 9.97 Å². The summed E-state index contributed by atoms with van der Waals surface area (Å²) in [7, 11) is 0. The Morgan fingerprint density at radius 1 is 0.650 bits per heavy atom. The number of aryl methyl sites for hydroxylation is 2. The molecule has 1 heterocycles. The molecule has 0 saturated carbocycles. The molecule has 0 aliphatic heterocycles. The number of hydrogen-bond donors (Lipinski definition) is 0. The lowest BCUT2D eigenvalue weighted by Gasteiger charge is -2.08. The molecular formula is C18H16N2. The quantitative estimate of drug-likeness (QED) is 0.681. The van der Waals surface area contributed by atoms with Crippen LogP contribution in [0.4, 0.5) is 0 Å². The molecule has 0 aliphatic carbocycles. The molecule has 2 nitrogen and oxygen atoms in total. The minimum absolute atomic E-state index is 0.796. The minimum atomic E-state index is 0.796. The molecule has 0 saturated heterocycles. The SMILES string of the molecule is Cc1cc(-c2ccccc2)cc(-c2cnc(C)nc2)c1. The highest BCUT2D eigenvalue weighted by atomic mass is 14.8. The third-order valence-corrected chi connectivity index (χ3v) is 3.30. The lowest BCUT2D eigenvalue weighted by Crippen LogP contribution is -1.89. The summed E-state index contributed by atoms with van der Waals surface area (Å²) in [4.78, 5) is 8.55. The van der Waals surface area contributed by atoms with Crippen LogP contribution in [-0.2, 0) is 0 Å². The van der Waals surface area contributed by atoms with Gasteiger partial charge in [0.1, 0.15) is 5.82 Å². The third-order valence-electron chi connectivity index (χ3n) is 3.30. The summed E-state index contributed by atoms with van der Waals surface area (Å²) in [6, 6.07) is 17.0. The molecule has 0 bridgehead atoms. The van der Waals surface area contributed by atoms with E-state index >= 15 is 0 Å². The zero-order chi connectivity index (χ0) is 13.9. The van der Waals surface area contributed by atoms with Crippen molar-refractivity contribution in [3.63, 3.8) is 0 Å². The Kier molecular flexibility index (Phi) is 3.30. The van der Waals surface area contributed by atoms with Crippen molar-refractivity contribution >= 4 is 0 Å². The van der Waals surface area contributed by atoms with Gasteiger partial charge in [0.15, 0.2) is 0 Å². The van der Waals surface area contributed by atoms with Crippen molar-refractivity contribution in [1.82, 2.24) is 9.97 Å². The molecule has 0 spiro atoms. The van der Waals surface area contributed by atoms with E-state index in [0.29, 0.717) is 0 Å². The molecule has 98 valence electrons. The van der Waals surface area contributed by atoms with E-state index in [-0.39, 0.29) is 0 Å². The van der Waals surface area contributed by atoms with Crippen LogP contribution < -0.4 is 0 Å². The van der Waals surface area contributed by atoms with Crippen LogP contribution in [0.25, 0.3) is 22.3 Å². The van der Waals surface area contributed by atoms with Crippen LogP contribution in [-0.4, -0.2) is 9.97 Å². The van der Waals surface area contributed by atoms with Crippen LogP contribution in [0.5, 0.6) is 0 Å². The number of nitrogens with zero attached hydrogens (tertiary/aromatic N) is 2. The fourth-order valence-corrected chi connectivity index (χ4v) is 2.29. The average molecular weight is 260 g/mol. The molecule has 1 aromatic heterocycles. The van der Waals surface area contributed by atoms with Crippen molar-refractivity contribution in [2.24, 2.45) is 0 Å². The summed E-state index contributed by atoms with van der Waals surface area (Å²) >= 11 is 0. The Bertz CT molecular complexity index is 716. The van der Waals surface area contributed by atoms with Gasteiger partial charge < -0.3 is 0 Å². The van der Waals surface area contributed by atoms with Crippen LogP contribution >= 0.6 is 0 Å². The van der Waals surface area contributed by atoms with Crippen molar-refractivity contribution in [3.05, 3.63) is 72.3 Å². The van der Waals surface area contributed by atoms with Gasteiger partial charge in [0, 0.05) is 18.0 Å².